The molecule has 0 radical (unpaired) electrons. The van der Waals surface area contributed by atoms with Gasteiger partial charge in [-0.25, -0.2) is 4.98 Å². The zero-order chi connectivity index (χ0) is 13.2. The summed E-state index contributed by atoms with van der Waals surface area (Å²) in [5.74, 6) is -0.261. The number of carbonyl (C=O) groups is 1. The van der Waals surface area contributed by atoms with Crippen LogP contribution in [0.2, 0.25) is 5.15 Å². The third kappa shape index (κ3) is 2.38. The van der Waals surface area contributed by atoms with Gasteiger partial charge in [0.05, 0.1) is 17.6 Å². The Hall–Kier alpha value is -2.12. The van der Waals surface area contributed by atoms with Gasteiger partial charge in [-0.3, -0.25) is 14.3 Å². The van der Waals surface area contributed by atoms with Gasteiger partial charge in [-0.15, -0.1) is 11.3 Å². The second-order valence-corrected chi connectivity index (χ2v) is 4.88. The third-order valence-corrected chi connectivity index (χ3v) is 3.45. The van der Waals surface area contributed by atoms with E-state index in [0.717, 1.165) is 4.96 Å². The second-order valence-electron chi connectivity index (χ2n) is 3.65. The molecule has 3 aromatic rings. The van der Waals surface area contributed by atoms with Gasteiger partial charge in [-0.1, -0.05) is 11.6 Å². The van der Waals surface area contributed by atoms with E-state index in [1.54, 1.807) is 12.3 Å². The summed E-state index contributed by atoms with van der Waals surface area (Å²) < 4.78 is 1.83. The van der Waals surface area contributed by atoms with Crippen LogP contribution in [0, 0.1) is 0 Å². The van der Waals surface area contributed by atoms with Crippen LogP contribution in [0.3, 0.4) is 0 Å². The Bertz CT molecular complexity index is 742. The van der Waals surface area contributed by atoms with Crippen molar-refractivity contribution in [3.63, 3.8) is 0 Å². The summed E-state index contributed by atoms with van der Waals surface area (Å²) in [5.41, 5.74) is 1.29. The molecule has 3 aromatic heterocycles. The van der Waals surface area contributed by atoms with E-state index in [-0.39, 0.29) is 5.91 Å². The fourth-order valence-electron chi connectivity index (χ4n) is 1.58. The van der Waals surface area contributed by atoms with E-state index in [2.05, 4.69) is 20.5 Å². The van der Waals surface area contributed by atoms with Crippen molar-refractivity contribution in [1.82, 2.24) is 19.6 Å². The molecule has 19 heavy (non-hydrogen) atoms. The number of fused-ring (bicyclic) bond motifs is 1. The van der Waals surface area contributed by atoms with Gasteiger partial charge < -0.3 is 5.32 Å². The Balaban J connectivity index is 1.80. The van der Waals surface area contributed by atoms with Crippen LogP contribution in [-0.2, 0) is 4.79 Å². The zero-order valence-electron chi connectivity index (χ0n) is 9.50. The molecule has 3 heterocycles. The normalized spacial score (nSPS) is 11.4. The molecular formula is C11H8ClN5OS. The van der Waals surface area contributed by atoms with Crippen molar-refractivity contribution in [1.29, 1.82) is 0 Å². The number of hydrogen-bond acceptors (Lipinski definition) is 4. The Labute approximate surface area is 116 Å². The number of nitrogens with one attached hydrogen (secondary N) is 2. The van der Waals surface area contributed by atoms with E-state index in [4.69, 9.17) is 11.6 Å². The van der Waals surface area contributed by atoms with E-state index in [1.807, 2.05) is 16.0 Å². The predicted molar refractivity (Wildman–Crippen MR) is 74.3 cm³/mol. The first-order valence-electron chi connectivity index (χ1n) is 5.33. The molecule has 3 rings (SSSR count). The number of carbonyl (C=O) groups excluding carboxylic acids is 1. The molecule has 0 aromatic carbocycles. The Morgan fingerprint density at radius 1 is 1.58 bits per heavy atom. The standard InChI is InChI=1S/C11H8ClN5OS/c12-10-8(17-3-4-19-11(17)16-10)1-2-9(18)15-7-5-13-14-6-7/h1-6H,(H,13,14)(H,15,18)/b2-1+. The molecule has 0 aliphatic carbocycles. The van der Waals surface area contributed by atoms with Gasteiger partial charge in [0.1, 0.15) is 0 Å². The first-order chi connectivity index (χ1) is 9.24. The van der Waals surface area contributed by atoms with Gasteiger partial charge in [0.2, 0.25) is 5.91 Å². The van der Waals surface area contributed by atoms with Gasteiger partial charge in [-0.2, -0.15) is 5.10 Å². The van der Waals surface area contributed by atoms with Crippen LogP contribution in [0.25, 0.3) is 11.0 Å². The zero-order valence-corrected chi connectivity index (χ0v) is 11.1. The summed E-state index contributed by atoms with van der Waals surface area (Å²) in [6.45, 7) is 0. The van der Waals surface area contributed by atoms with Gasteiger partial charge >= 0.3 is 0 Å². The number of aromatic amines is 1. The molecule has 0 bridgehead atoms. The Morgan fingerprint density at radius 3 is 3.26 bits per heavy atom. The van der Waals surface area contributed by atoms with Crippen molar-refractivity contribution >= 4 is 45.6 Å². The average Bonchev–Trinajstić information content (AvgIpc) is 3.05. The average molecular weight is 294 g/mol. The van der Waals surface area contributed by atoms with Crippen molar-refractivity contribution in [2.24, 2.45) is 0 Å². The van der Waals surface area contributed by atoms with Crippen molar-refractivity contribution in [3.8, 4) is 0 Å². The number of hydrogen-bond donors (Lipinski definition) is 2. The lowest BCUT2D eigenvalue weighted by molar-refractivity contribution is -0.111. The summed E-state index contributed by atoms with van der Waals surface area (Å²) in [5, 5.41) is 11.3. The fourth-order valence-corrected chi connectivity index (χ4v) is 2.59. The maximum absolute atomic E-state index is 11.7. The van der Waals surface area contributed by atoms with Crippen LogP contribution in [0.1, 0.15) is 5.69 Å². The van der Waals surface area contributed by atoms with Crippen LogP contribution >= 0.6 is 22.9 Å². The van der Waals surface area contributed by atoms with Crippen molar-refractivity contribution in [2.45, 2.75) is 0 Å². The maximum atomic E-state index is 11.7. The molecule has 1 amide bonds. The van der Waals surface area contributed by atoms with Gasteiger partial charge in [0.15, 0.2) is 10.1 Å². The van der Waals surface area contributed by atoms with E-state index in [0.29, 0.717) is 16.5 Å². The number of anilines is 1. The molecule has 0 unspecified atom stereocenters. The summed E-state index contributed by atoms with van der Waals surface area (Å²) in [4.78, 5) is 16.6. The molecule has 0 aliphatic heterocycles. The summed E-state index contributed by atoms with van der Waals surface area (Å²) >= 11 is 7.49. The van der Waals surface area contributed by atoms with Crippen LogP contribution < -0.4 is 5.32 Å². The number of rotatable bonds is 3. The summed E-state index contributed by atoms with van der Waals surface area (Å²) in [7, 11) is 0. The molecular weight excluding hydrogens is 286 g/mol. The second kappa shape index (κ2) is 4.87. The first-order valence-corrected chi connectivity index (χ1v) is 6.59. The molecule has 0 saturated carbocycles. The minimum absolute atomic E-state index is 0.261. The van der Waals surface area contributed by atoms with Crippen molar-refractivity contribution < 1.29 is 4.79 Å². The maximum Gasteiger partial charge on any atom is 0.248 e. The monoisotopic (exact) mass is 293 g/mol. The van der Waals surface area contributed by atoms with Gasteiger partial charge in [-0.05, 0) is 6.08 Å². The molecule has 2 N–H and O–H groups in total. The number of halogens is 1. The lowest BCUT2D eigenvalue weighted by Gasteiger charge is -1.96. The number of amides is 1. The van der Waals surface area contributed by atoms with Crippen LogP contribution in [0.15, 0.2) is 30.0 Å². The predicted octanol–water partition coefficient (Wildman–Crippen LogP) is 2.42. The van der Waals surface area contributed by atoms with Crippen molar-refractivity contribution in [3.05, 3.63) is 40.9 Å². The minimum atomic E-state index is -0.261. The largest absolute Gasteiger partial charge is 0.320 e. The SMILES string of the molecule is O=C(/C=C/c1c(Cl)nc2sccn12)Nc1cn[nH]c1. The highest BCUT2D eigenvalue weighted by atomic mass is 35.5. The number of aromatic nitrogens is 4. The molecule has 96 valence electrons. The first kappa shape index (κ1) is 11.9. The van der Waals surface area contributed by atoms with E-state index in [1.165, 1.54) is 23.6 Å². The van der Waals surface area contributed by atoms with E-state index < -0.39 is 0 Å². The summed E-state index contributed by atoms with van der Waals surface area (Å²) in [6, 6.07) is 0. The fraction of sp³-hybridized carbons (Fsp3) is 0. The van der Waals surface area contributed by atoms with Crippen molar-refractivity contribution in [2.75, 3.05) is 5.32 Å². The smallest absolute Gasteiger partial charge is 0.248 e. The number of nitrogens with zero attached hydrogens (tertiary/aromatic N) is 3. The molecule has 0 saturated heterocycles. The molecule has 0 aliphatic rings. The minimum Gasteiger partial charge on any atom is -0.320 e. The number of imidazole rings is 1. The Kier molecular flexibility index (Phi) is 3.06. The molecule has 0 spiro atoms. The van der Waals surface area contributed by atoms with Gasteiger partial charge in [0.25, 0.3) is 0 Å². The molecule has 8 heteroatoms. The Morgan fingerprint density at radius 2 is 2.47 bits per heavy atom. The molecule has 0 fully saturated rings. The lowest BCUT2D eigenvalue weighted by atomic mass is 10.4. The highest BCUT2D eigenvalue weighted by molar-refractivity contribution is 7.15. The quantitative estimate of drug-likeness (QED) is 0.728. The lowest BCUT2D eigenvalue weighted by Crippen LogP contribution is -2.06. The van der Waals surface area contributed by atoms with E-state index >= 15 is 0 Å². The number of H-pyrrole nitrogens is 1. The topological polar surface area (TPSA) is 75.1 Å². The highest BCUT2D eigenvalue weighted by Gasteiger charge is 2.08. The third-order valence-electron chi connectivity index (χ3n) is 2.41. The number of thiazole rings is 1. The molecule has 6 nitrogen and oxygen atoms in total. The van der Waals surface area contributed by atoms with Gasteiger partial charge in [0, 0.05) is 23.8 Å². The summed E-state index contributed by atoms with van der Waals surface area (Å²) in [6.07, 6.45) is 8.00. The molecule has 0 atom stereocenters. The van der Waals surface area contributed by atoms with E-state index in [9.17, 15) is 4.79 Å². The van der Waals surface area contributed by atoms with Crippen LogP contribution in [0.5, 0.6) is 0 Å². The van der Waals surface area contributed by atoms with Crippen LogP contribution in [-0.4, -0.2) is 25.5 Å². The van der Waals surface area contributed by atoms with Crippen LogP contribution in [0.4, 0.5) is 5.69 Å². The highest BCUT2D eigenvalue weighted by Crippen LogP contribution is 2.22.